The normalized spacial score (nSPS) is 13.4. The molecule has 4 heteroatoms. The Bertz CT molecular complexity index is 288. The van der Waals surface area contributed by atoms with Crippen molar-refractivity contribution in [3.8, 4) is 11.5 Å². The van der Waals surface area contributed by atoms with E-state index in [1.807, 2.05) is 18.2 Å². The molecule has 0 spiro atoms. The van der Waals surface area contributed by atoms with Gasteiger partial charge in [0.15, 0.2) is 11.5 Å². The minimum Gasteiger partial charge on any atom is -0.454 e. The summed E-state index contributed by atoms with van der Waals surface area (Å²) in [4.78, 5) is 0. The fraction of sp³-hybridized carbons (Fsp3) is 0.250. The summed E-state index contributed by atoms with van der Waals surface area (Å²) in [6.07, 6.45) is 0. The van der Waals surface area contributed by atoms with E-state index >= 15 is 0 Å². The highest BCUT2D eigenvalue weighted by Crippen LogP contribution is 2.34. The Balaban J connectivity index is 2.36. The molecule has 12 heavy (non-hydrogen) atoms. The lowest BCUT2D eigenvalue weighted by Gasteiger charge is -2.02. The van der Waals surface area contributed by atoms with Gasteiger partial charge in [-0.2, -0.15) is 0 Å². The van der Waals surface area contributed by atoms with E-state index in [-0.39, 0.29) is 6.79 Å². The number of benzene rings is 1. The van der Waals surface area contributed by atoms with Crippen molar-refractivity contribution in [2.75, 3.05) is 6.79 Å². The molecule has 1 aliphatic heterocycles. The summed E-state index contributed by atoms with van der Waals surface area (Å²) in [6.45, 7) is 0.629. The molecule has 0 unspecified atom stereocenters. The van der Waals surface area contributed by atoms with Gasteiger partial charge in [0.25, 0.3) is 0 Å². The second kappa shape index (κ2) is 3.00. The Kier molecular flexibility index (Phi) is 1.85. The van der Waals surface area contributed by atoms with Crippen molar-refractivity contribution >= 4 is 0 Å². The van der Waals surface area contributed by atoms with Crippen LogP contribution >= 0.6 is 0 Å². The standard InChI is InChI=1S/C8H9NO3/c10-9-4-6-2-1-3-7-8(6)12-5-11-7/h1-3,9-10H,4-5H2. The maximum Gasteiger partial charge on any atom is 0.231 e. The van der Waals surface area contributed by atoms with E-state index in [4.69, 9.17) is 14.7 Å². The first-order chi connectivity index (χ1) is 5.92. The van der Waals surface area contributed by atoms with Gasteiger partial charge in [-0.1, -0.05) is 12.1 Å². The largest absolute Gasteiger partial charge is 0.454 e. The first-order valence-electron chi connectivity index (χ1n) is 3.66. The highest BCUT2D eigenvalue weighted by atomic mass is 16.7. The third-order valence-electron chi connectivity index (χ3n) is 1.75. The topological polar surface area (TPSA) is 50.7 Å². The minimum absolute atomic E-state index is 0.262. The molecule has 0 radical (unpaired) electrons. The van der Waals surface area contributed by atoms with Crippen molar-refractivity contribution in [3.63, 3.8) is 0 Å². The van der Waals surface area contributed by atoms with Gasteiger partial charge in [-0.05, 0) is 6.07 Å². The molecule has 1 heterocycles. The van der Waals surface area contributed by atoms with Crippen molar-refractivity contribution in [1.29, 1.82) is 0 Å². The zero-order chi connectivity index (χ0) is 8.39. The fourth-order valence-corrected chi connectivity index (χ4v) is 1.22. The summed E-state index contributed by atoms with van der Waals surface area (Å²) in [5.41, 5.74) is 2.97. The van der Waals surface area contributed by atoms with Crippen LogP contribution in [0.4, 0.5) is 0 Å². The summed E-state index contributed by atoms with van der Waals surface area (Å²) in [5, 5.41) is 8.50. The van der Waals surface area contributed by atoms with Crippen LogP contribution in [0.15, 0.2) is 18.2 Å². The lowest BCUT2D eigenvalue weighted by Crippen LogP contribution is -2.06. The smallest absolute Gasteiger partial charge is 0.231 e. The van der Waals surface area contributed by atoms with Crippen molar-refractivity contribution in [3.05, 3.63) is 23.8 Å². The highest BCUT2D eigenvalue weighted by Gasteiger charge is 2.16. The minimum atomic E-state index is 0.262. The second-order valence-electron chi connectivity index (χ2n) is 2.49. The first-order valence-corrected chi connectivity index (χ1v) is 3.66. The van der Waals surface area contributed by atoms with E-state index in [2.05, 4.69) is 5.48 Å². The monoisotopic (exact) mass is 167 g/mol. The van der Waals surface area contributed by atoms with E-state index in [0.717, 1.165) is 17.1 Å². The van der Waals surface area contributed by atoms with Crippen molar-refractivity contribution in [2.45, 2.75) is 6.54 Å². The number of nitrogens with one attached hydrogen (secondary N) is 1. The van der Waals surface area contributed by atoms with Gasteiger partial charge < -0.3 is 14.7 Å². The molecule has 2 N–H and O–H groups in total. The third-order valence-corrected chi connectivity index (χ3v) is 1.75. The second-order valence-corrected chi connectivity index (χ2v) is 2.49. The molecule has 0 aromatic heterocycles. The quantitative estimate of drug-likeness (QED) is 0.642. The summed E-state index contributed by atoms with van der Waals surface area (Å²) >= 11 is 0. The Labute approximate surface area is 69.7 Å². The number of rotatable bonds is 2. The van der Waals surface area contributed by atoms with Gasteiger partial charge in [-0.3, -0.25) is 0 Å². The van der Waals surface area contributed by atoms with E-state index in [0.29, 0.717) is 6.54 Å². The average Bonchev–Trinajstić information content (AvgIpc) is 2.53. The zero-order valence-corrected chi connectivity index (χ0v) is 6.41. The van der Waals surface area contributed by atoms with Crippen LogP contribution < -0.4 is 15.0 Å². The highest BCUT2D eigenvalue weighted by molar-refractivity contribution is 5.47. The Hall–Kier alpha value is -1.26. The molecule has 4 nitrogen and oxygen atoms in total. The molecule has 0 saturated heterocycles. The molecule has 2 rings (SSSR count). The van der Waals surface area contributed by atoms with Gasteiger partial charge >= 0.3 is 0 Å². The Morgan fingerprint density at radius 3 is 3.17 bits per heavy atom. The number of ether oxygens (including phenoxy) is 2. The predicted molar refractivity (Wildman–Crippen MR) is 41.2 cm³/mol. The number of hydroxylamine groups is 1. The van der Waals surface area contributed by atoms with Gasteiger partial charge in [0.2, 0.25) is 6.79 Å². The maximum atomic E-state index is 8.50. The summed E-state index contributed by atoms with van der Waals surface area (Å²) < 4.78 is 10.4. The lowest BCUT2D eigenvalue weighted by atomic mass is 10.2. The van der Waals surface area contributed by atoms with E-state index < -0.39 is 0 Å². The molecule has 0 atom stereocenters. The van der Waals surface area contributed by atoms with E-state index in [1.165, 1.54) is 0 Å². The Morgan fingerprint density at radius 2 is 2.33 bits per heavy atom. The van der Waals surface area contributed by atoms with Crippen LogP contribution in [-0.4, -0.2) is 12.0 Å². The molecule has 64 valence electrons. The number of hydrogen-bond acceptors (Lipinski definition) is 4. The molecule has 0 bridgehead atoms. The average molecular weight is 167 g/mol. The van der Waals surface area contributed by atoms with Crippen LogP contribution in [0.25, 0.3) is 0 Å². The van der Waals surface area contributed by atoms with Crippen LogP contribution in [0, 0.1) is 0 Å². The maximum absolute atomic E-state index is 8.50. The molecule has 1 aromatic carbocycles. The SMILES string of the molecule is ONCc1cccc2c1OCO2. The number of hydrogen-bond donors (Lipinski definition) is 2. The fourth-order valence-electron chi connectivity index (χ4n) is 1.22. The predicted octanol–water partition coefficient (Wildman–Crippen LogP) is 0.894. The Morgan fingerprint density at radius 1 is 1.42 bits per heavy atom. The van der Waals surface area contributed by atoms with Crippen LogP contribution in [0.5, 0.6) is 11.5 Å². The molecular weight excluding hydrogens is 158 g/mol. The van der Waals surface area contributed by atoms with Gasteiger partial charge in [0, 0.05) is 12.1 Å². The summed E-state index contributed by atoms with van der Waals surface area (Å²) in [7, 11) is 0. The van der Waals surface area contributed by atoms with Crippen molar-refractivity contribution < 1.29 is 14.7 Å². The molecule has 0 fully saturated rings. The number of para-hydroxylation sites is 1. The first kappa shape index (κ1) is 7.39. The molecule has 0 amide bonds. The van der Waals surface area contributed by atoms with Crippen molar-refractivity contribution in [1.82, 2.24) is 5.48 Å². The van der Waals surface area contributed by atoms with E-state index in [1.54, 1.807) is 0 Å². The van der Waals surface area contributed by atoms with Gasteiger partial charge in [0.1, 0.15) is 0 Å². The summed E-state index contributed by atoms with van der Waals surface area (Å²) in [6, 6.07) is 5.57. The molecule has 1 aliphatic rings. The molecule has 1 aromatic rings. The van der Waals surface area contributed by atoms with Gasteiger partial charge in [-0.15, -0.1) is 0 Å². The van der Waals surface area contributed by atoms with E-state index in [9.17, 15) is 0 Å². The van der Waals surface area contributed by atoms with Crippen LogP contribution in [-0.2, 0) is 6.54 Å². The van der Waals surface area contributed by atoms with Crippen molar-refractivity contribution in [2.24, 2.45) is 0 Å². The van der Waals surface area contributed by atoms with Crippen LogP contribution in [0.3, 0.4) is 0 Å². The molecule has 0 saturated carbocycles. The van der Waals surface area contributed by atoms with Crippen LogP contribution in [0.1, 0.15) is 5.56 Å². The molecular formula is C8H9NO3. The lowest BCUT2D eigenvalue weighted by molar-refractivity contribution is 0.155. The number of fused-ring (bicyclic) bond motifs is 1. The zero-order valence-electron chi connectivity index (χ0n) is 6.41. The third kappa shape index (κ3) is 1.11. The van der Waals surface area contributed by atoms with Gasteiger partial charge in [-0.25, -0.2) is 5.48 Å². The van der Waals surface area contributed by atoms with Crippen LogP contribution in [0.2, 0.25) is 0 Å². The summed E-state index contributed by atoms with van der Waals surface area (Å²) in [5.74, 6) is 1.46. The molecule has 0 aliphatic carbocycles. The van der Waals surface area contributed by atoms with Gasteiger partial charge in [0.05, 0.1) is 0 Å².